The van der Waals surface area contributed by atoms with Crippen LogP contribution in [-0.4, -0.2) is 35.7 Å². The van der Waals surface area contributed by atoms with E-state index in [9.17, 15) is 0 Å². The van der Waals surface area contributed by atoms with Crippen LogP contribution in [0.5, 0.6) is 0 Å². The van der Waals surface area contributed by atoms with Gasteiger partial charge in [-0.25, -0.2) is 0 Å². The first-order valence-corrected chi connectivity index (χ1v) is 8.20. The molecule has 0 saturated heterocycles. The number of thiophene rings is 1. The molecule has 2 heterocycles. The highest BCUT2D eigenvalue weighted by atomic mass is 32.1. The van der Waals surface area contributed by atoms with E-state index in [1.54, 1.807) is 7.05 Å². The molecule has 0 aliphatic carbocycles. The monoisotopic (exact) mass is 321 g/mol. The van der Waals surface area contributed by atoms with E-state index in [0.29, 0.717) is 30.7 Å². The Hall–Kier alpha value is -1.89. The standard InChI is InChI=1S/C15H23N5OS/c1-10(9-13-6-5-11(2)22-13)18-15(16-4)17-8-7-14-19-12(3)20-21-14/h5-6,10H,7-9H2,1-4H3,(H2,16,17,18). The maximum absolute atomic E-state index is 5.08. The lowest BCUT2D eigenvalue weighted by atomic mass is 10.2. The van der Waals surface area contributed by atoms with Gasteiger partial charge in [0.2, 0.25) is 5.89 Å². The summed E-state index contributed by atoms with van der Waals surface area (Å²) in [7, 11) is 1.77. The molecule has 0 saturated carbocycles. The van der Waals surface area contributed by atoms with Crippen LogP contribution in [0.4, 0.5) is 0 Å². The van der Waals surface area contributed by atoms with Crippen LogP contribution in [0.25, 0.3) is 0 Å². The van der Waals surface area contributed by atoms with E-state index in [0.717, 1.165) is 12.4 Å². The number of hydrogen-bond donors (Lipinski definition) is 2. The smallest absolute Gasteiger partial charge is 0.228 e. The third kappa shape index (κ3) is 5.14. The first-order valence-electron chi connectivity index (χ1n) is 7.38. The SMILES string of the molecule is CN=C(NCCc1nc(C)no1)NC(C)Cc1ccc(C)s1. The average molecular weight is 321 g/mol. The van der Waals surface area contributed by atoms with Crippen LogP contribution in [0.15, 0.2) is 21.6 Å². The van der Waals surface area contributed by atoms with Crippen LogP contribution in [0, 0.1) is 13.8 Å². The van der Waals surface area contributed by atoms with Gasteiger partial charge >= 0.3 is 0 Å². The molecule has 1 unspecified atom stereocenters. The first-order chi connectivity index (χ1) is 10.6. The maximum atomic E-state index is 5.08. The molecule has 0 radical (unpaired) electrons. The number of aliphatic imine (C=N–C) groups is 1. The fraction of sp³-hybridized carbons (Fsp3) is 0.533. The summed E-state index contributed by atoms with van der Waals surface area (Å²) in [5, 5.41) is 10.4. The summed E-state index contributed by atoms with van der Waals surface area (Å²) in [5.74, 6) is 2.09. The molecular weight excluding hydrogens is 298 g/mol. The number of aryl methyl sites for hydroxylation is 2. The Balaban J connectivity index is 1.74. The zero-order chi connectivity index (χ0) is 15.9. The van der Waals surface area contributed by atoms with Gasteiger partial charge in [0.1, 0.15) is 0 Å². The van der Waals surface area contributed by atoms with Crippen molar-refractivity contribution in [3.63, 3.8) is 0 Å². The van der Waals surface area contributed by atoms with Gasteiger partial charge < -0.3 is 15.2 Å². The molecule has 22 heavy (non-hydrogen) atoms. The van der Waals surface area contributed by atoms with Gasteiger partial charge in [0.15, 0.2) is 11.8 Å². The number of nitrogens with one attached hydrogen (secondary N) is 2. The van der Waals surface area contributed by atoms with Crippen molar-refractivity contribution in [3.8, 4) is 0 Å². The molecule has 2 N–H and O–H groups in total. The van der Waals surface area contributed by atoms with Gasteiger partial charge in [0, 0.05) is 42.2 Å². The molecule has 0 aromatic carbocycles. The van der Waals surface area contributed by atoms with Gasteiger partial charge in [-0.3, -0.25) is 4.99 Å². The lowest BCUT2D eigenvalue weighted by Gasteiger charge is -2.17. The van der Waals surface area contributed by atoms with Crippen LogP contribution in [0.1, 0.15) is 28.4 Å². The van der Waals surface area contributed by atoms with E-state index in [4.69, 9.17) is 4.52 Å². The van der Waals surface area contributed by atoms with Crippen LogP contribution < -0.4 is 10.6 Å². The van der Waals surface area contributed by atoms with Crippen LogP contribution in [0.2, 0.25) is 0 Å². The Labute approximate surface area is 135 Å². The van der Waals surface area contributed by atoms with Crippen molar-refractivity contribution >= 4 is 17.3 Å². The van der Waals surface area contributed by atoms with Crippen molar-refractivity contribution in [3.05, 3.63) is 33.6 Å². The summed E-state index contributed by atoms with van der Waals surface area (Å²) in [6.45, 7) is 6.80. The van der Waals surface area contributed by atoms with Crippen LogP contribution in [0.3, 0.4) is 0 Å². The molecule has 0 aliphatic heterocycles. The van der Waals surface area contributed by atoms with E-state index in [-0.39, 0.29) is 0 Å². The summed E-state index contributed by atoms with van der Waals surface area (Å²) in [4.78, 5) is 11.1. The number of aromatic nitrogens is 2. The first kappa shape index (κ1) is 16.5. The Morgan fingerprint density at radius 3 is 2.82 bits per heavy atom. The van der Waals surface area contributed by atoms with E-state index < -0.39 is 0 Å². The maximum Gasteiger partial charge on any atom is 0.228 e. The van der Waals surface area contributed by atoms with E-state index in [2.05, 4.69) is 51.7 Å². The molecule has 6 nitrogen and oxygen atoms in total. The fourth-order valence-electron chi connectivity index (χ4n) is 2.11. The minimum atomic E-state index is 0.315. The molecule has 0 spiro atoms. The van der Waals surface area contributed by atoms with Crippen molar-refractivity contribution in [2.45, 2.75) is 39.7 Å². The molecule has 2 rings (SSSR count). The number of nitrogens with zero attached hydrogens (tertiary/aromatic N) is 3. The van der Waals surface area contributed by atoms with E-state index >= 15 is 0 Å². The van der Waals surface area contributed by atoms with E-state index in [1.807, 2.05) is 18.3 Å². The van der Waals surface area contributed by atoms with Crippen molar-refractivity contribution in [2.24, 2.45) is 4.99 Å². The summed E-state index contributed by atoms with van der Waals surface area (Å²) >= 11 is 1.84. The molecule has 1 atom stereocenters. The van der Waals surface area contributed by atoms with Gasteiger partial charge in [-0.05, 0) is 32.9 Å². The van der Waals surface area contributed by atoms with Gasteiger partial charge in [-0.15, -0.1) is 11.3 Å². The van der Waals surface area contributed by atoms with Gasteiger partial charge in [0.25, 0.3) is 0 Å². The highest BCUT2D eigenvalue weighted by molar-refractivity contribution is 7.11. The minimum absolute atomic E-state index is 0.315. The summed E-state index contributed by atoms with van der Waals surface area (Å²) in [5.41, 5.74) is 0. The Morgan fingerprint density at radius 1 is 1.41 bits per heavy atom. The zero-order valence-electron chi connectivity index (χ0n) is 13.5. The number of guanidine groups is 1. The largest absolute Gasteiger partial charge is 0.356 e. The minimum Gasteiger partial charge on any atom is -0.356 e. The summed E-state index contributed by atoms with van der Waals surface area (Å²) in [6.07, 6.45) is 1.67. The van der Waals surface area contributed by atoms with E-state index in [1.165, 1.54) is 9.75 Å². The van der Waals surface area contributed by atoms with Gasteiger partial charge in [-0.1, -0.05) is 5.16 Å². The predicted molar refractivity (Wildman–Crippen MR) is 89.5 cm³/mol. The summed E-state index contributed by atoms with van der Waals surface area (Å²) in [6, 6.07) is 4.66. The number of rotatable bonds is 6. The van der Waals surface area contributed by atoms with Gasteiger partial charge in [0.05, 0.1) is 0 Å². The third-order valence-corrected chi connectivity index (χ3v) is 4.13. The average Bonchev–Trinajstić information content (AvgIpc) is 3.06. The fourth-order valence-corrected chi connectivity index (χ4v) is 3.12. The second-order valence-electron chi connectivity index (χ2n) is 5.25. The van der Waals surface area contributed by atoms with Gasteiger partial charge in [-0.2, -0.15) is 4.98 Å². The topological polar surface area (TPSA) is 75.3 Å². The lowest BCUT2D eigenvalue weighted by molar-refractivity contribution is 0.374. The Bertz CT molecular complexity index is 619. The molecule has 2 aromatic heterocycles. The lowest BCUT2D eigenvalue weighted by Crippen LogP contribution is -2.43. The quantitative estimate of drug-likeness (QED) is 0.629. The van der Waals surface area contributed by atoms with Crippen molar-refractivity contribution in [1.29, 1.82) is 0 Å². The normalized spacial score (nSPS) is 13.2. The zero-order valence-corrected chi connectivity index (χ0v) is 14.3. The molecule has 2 aromatic rings. The Morgan fingerprint density at radius 2 is 2.23 bits per heavy atom. The van der Waals surface area contributed by atoms with Crippen molar-refractivity contribution < 1.29 is 4.52 Å². The van der Waals surface area contributed by atoms with Crippen molar-refractivity contribution in [2.75, 3.05) is 13.6 Å². The Kier molecular flexibility index (Phi) is 5.94. The molecule has 7 heteroatoms. The van der Waals surface area contributed by atoms with Crippen molar-refractivity contribution in [1.82, 2.24) is 20.8 Å². The molecular formula is C15H23N5OS. The molecule has 120 valence electrons. The molecule has 0 amide bonds. The van der Waals surface area contributed by atoms with Crippen LogP contribution in [-0.2, 0) is 12.8 Å². The second-order valence-corrected chi connectivity index (χ2v) is 6.62. The van der Waals surface area contributed by atoms with Crippen LogP contribution >= 0.6 is 11.3 Å². The highest BCUT2D eigenvalue weighted by Gasteiger charge is 2.08. The molecule has 0 bridgehead atoms. The highest BCUT2D eigenvalue weighted by Crippen LogP contribution is 2.16. The predicted octanol–water partition coefficient (Wildman–Crippen LogP) is 2.09. The second kappa shape index (κ2) is 7.93. The summed E-state index contributed by atoms with van der Waals surface area (Å²) < 4.78 is 5.08. The molecule has 0 fully saturated rings. The molecule has 0 aliphatic rings. The third-order valence-electron chi connectivity index (χ3n) is 3.11. The number of hydrogen-bond acceptors (Lipinski definition) is 5.